The third-order valence-electron chi connectivity index (χ3n) is 3.22. The molecule has 0 aliphatic carbocycles. The molecular weight excluding hydrogens is 308 g/mol. The largest absolute Gasteiger partial charge is 0.383 e. The Hall–Kier alpha value is -1.14. The van der Waals surface area contributed by atoms with Crippen LogP contribution in [0.1, 0.15) is 30.6 Å². The van der Waals surface area contributed by atoms with E-state index in [9.17, 15) is 4.79 Å². The fourth-order valence-corrected chi connectivity index (χ4v) is 1.94. The van der Waals surface area contributed by atoms with Crippen LogP contribution in [0, 0.1) is 0 Å². The number of nitrogen functional groups attached to an aromatic ring is 1. The Balaban J connectivity index is 2.50. The van der Waals surface area contributed by atoms with Crippen molar-refractivity contribution in [2.45, 2.75) is 26.3 Å². The molecule has 0 spiro atoms. The van der Waals surface area contributed by atoms with Crippen LogP contribution in [-0.4, -0.2) is 42.0 Å². The number of hydrogen-bond acceptors (Lipinski definition) is 4. The SMILES string of the molecule is CCC(C)N(C)CCNC(=O)c1cc(Br)cnc1N. The molecule has 0 saturated carbocycles. The van der Waals surface area contributed by atoms with E-state index in [1.165, 1.54) is 0 Å². The number of pyridine rings is 1. The predicted molar refractivity (Wildman–Crippen MR) is 81.1 cm³/mol. The first kappa shape index (κ1) is 15.9. The van der Waals surface area contributed by atoms with E-state index in [1.807, 2.05) is 0 Å². The third-order valence-corrected chi connectivity index (χ3v) is 3.66. The second-order valence-corrected chi connectivity index (χ2v) is 5.50. The highest BCUT2D eigenvalue weighted by Gasteiger charge is 2.12. The molecule has 0 aliphatic heterocycles. The highest BCUT2D eigenvalue weighted by atomic mass is 79.9. The van der Waals surface area contributed by atoms with Gasteiger partial charge in [0.15, 0.2) is 0 Å². The van der Waals surface area contributed by atoms with E-state index < -0.39 is 0 Å². The van der Waals surface area contributed by atoms with Crippen LogP contribution in [0.2, 0.25) is 0 Å². The lowest BCUT2D eigenvalue weighted by molar-refractivity contribution is 0.0948. The molecule has 0 aromatic carbocycles. The van der Waals surface area contributed by atoms with E-state index in [4.69, 9.17) is 5.73 Å². The number of carbonyl (C=O) groups is 1. The summed E-state index contributed by atoms with van der Waals surface area (Å²) in [6, 6.07) is 2.19. The maximum atomic E-state index is 12.0. The topological polar surface area (TPSA) is 71.2 Å². The zero-order chi connectivity index (χ0) is 14.4. The van der Waals surface area contributed by atoms with Gasteiger partial charge in [-0.05, 0) is 42.4 Å². The molecule has 1 aromatic rings. The first-order valence-corrected chi connectivity index (χ1v) is 7.14. The van der Waals surface area contributed by atoms with Gasteiger partial charge in [-0.3, -0.25) is 4.79 Å². The number of aromatic nitrogens is 1. The molecule has 3 N–H and O–H groups in total. The Labute approximate surface area is 122 Å². The number of hydrogen-bond donors (Lipinski definition) is 2. The predicted octanol–water partition coefficient (Wildman–Crippen LogP) is 1.89. The lowest BCUT2D eigenvalue weighted by atomic mass is 10.2. The van der Waals surface area contributed by atoms with Gasteiger partial charge in [0, 0.05) is 29.8 Å². The van der Waals surface area contributed by atoms with Crippen molar-refractivity contribution in [3.05, 3.63) is 22.3 Å². The van der Waals surface area contributed by atoms with E-state index in [-0.39, 0.29) is 11.7 Å². The van der Waals surface area contributed by atoms with Gasteiger partial charge >= 0.3 is 0 Å². The number of nitrogens with zero attached hydrogens (tertiary/aromatic N) is 2. The van der Waals surface area contributed by atoms with Gasteiger partial charge in [0.25, 0.3) is 5.91 Å². The Morgan fingerprint density at radius 1 is 1.63 bits per heavy atom. The van der Waals surface area contributed by atoms with Crippen molar-refractivity contribution in [3.8, 4) is 0 Å². The van der Waals surface area contributed by atoms with Crippen molar-refractivity contribution in [2.24, 2.45) is 0 Å². The number of nitrogens with one attached hydrogen (secondary N) is 1. The van der Waals surface area contributed by atoms with Gasteiger partial charge in [0.2, 0.25) is 0 Å². The number of nitrogens with two attached hydrogens (primary N) is 1. The number of likely N-dealkylation sites (N-methyl/N-ethyl adjacent to an activating group) is 1. The van der Waals surface area contributed by atoms with E-state index in [0.29, 0.717) is 18.2 Å². The summed E-state index contributed by atoms with van der Waals surface area (Å²) in [6.45, 7) is 5.71. The van der Waals surface area contributed by atoms with Crippen LogP contribution in [0.25, 0.3) is 0 Å². The van der Waals surface area contributed by atoms with E-state index in [1.54, 1.807) is 12.3 Å². The summed E-state index contributed by atoms with van der Waals surface area (Å²) in [7, 11) is 2.05. The monoisotopic (exact) mass is 328 g/mol. The average molecular weight is 329 g/mol. The fraction of sp³-hybridized carbons (Fsp3) is 0.538. The third kappa shape index (κ3) is 4.80. The molecule has 0 fully saturated rings. The summed E-state index contributed by atoms with van der Waals surface area (Å²) in [5.41, 5.74) is 6.09. The van der Waals surface area contributed by atoms with Gasteiger partial charge < -0.3 is 16.0 Å². The van der Waals surface area contributed by atoms with Gasteiger partial charge in [0.05, 0.1) is 5.56 Å². The minimum absolute atomic E-state index is 0.191. The van der Waals surface area contributed by atoms with Crippen molar-refractivity contribution >= 4 is 27.7 Å². The van der Waals surface area contributed by atoms with Crippen LogP contribution < -0.4 is 11.1 Å². The molecule has 0 bridgehead atoms. The molecule has 1 amide bonds. The fourth-order valence-electron chi connectivity index (χ4n) is 1.60. The molecule has 19 heavy (non-hydrogen) atoms. The summed E-state index contributed by atoms with van der Waals surface area (Å²) in [5.74, 6) is 0.0554. The maximum absolute atomic E-state index is 12.0. The van der Waals surface area contributed by atoms with Crippen LogP contribution in [0.4, 0.5) is 5.82 Å². The summed E-state index contributed by atoms with van der Waals surface area (Å²) in [5, 5.41) is 2.86. The lowest BCUT2D eigenvalue weighted by Crippen LogP contribution is -2.37. The van der Waals surface area contributed by atoms with E-state index in [0.717, 1.165) is 17.4 Å². The molecule has 0 aliphatic rings. The zero-order valence-corrected chi connectivity index (χ0v) is 13.2. The van der Waals surface area contributed by atoms with E-state index in [2.05, 4.69) is 52.0 Å². The molecule has 5 nitrogen and oxygen atoms in total. The van der Waals surface area contributed by atoms with Gasteiger partial charge in [0.1, 0.15) is 5.82 Å². The summed E-state index contributed by atoms with van der Waals surface area (Å²) in [4.78, 5) is 18.1. The Morgan fingerprint density at radius 2 is 2.32 bits per heavy atom. The standard InChI is InChI=1S/C13H21BrN4O/c1-4-9(2)18(3)6-5-16-13(19)11-7-10(14)8-17-12(11)15/h7-9H,4-6H2,1-3H3,(H2,15,17)(H,16,19). The van der Waals surface area contributed by atoms with Gasteiger partial charge in [-0.15, -0.1) is 0 Å². The van der Waals surface area contributed by atoms with Gasteiger partial charge in [-0.2, -0.15) is 0 Å². The van der Waals surface area contributed by atoms with Crippen molar-refractivity contribution in [1.82, 2.24) is 15.2 Å². The molecule has 6 heteroatoms. The molecule has 0 saturated heterocycles. The minimum atomic E-state index is -0.191. The number of carbonyl (C=O) groups excluding carboxylic acids is 1. The second kappa shape index (κ2) is 7.45. The summed E-state index contributed by atoms with van der Waals surface area (Å²) >= 11 is 3.28. The Bertz CT molecular complexity index is 439. The zero-order valence-electron chi connectivity index (χ0n) is 11.6. The maximum Gasteiger partial charge on any atom is 0.255 e. The van der Waals surface area contributed by atoms with Crippen LogP contribution in [0.3, 0.4) is 0 Å². The van der Waals surface area contributed by atoms with Crippen molar-refractivity contribution in [2.75, 3.05) is 25.9 Å². The Morgan fingerprint density at radius 3 is 2.95 bits per heavy atom. The van der Waals surface area contributed by atoms with E-state index >= 15 is 0 Å². The van der Waals surface area contributed by atoms with Crippen molar-refractivity contribution in [3.63, 3.8) is 0 Å². The van der Waals surface area contributed by atoms with Gasteiger partial charge in [-0.25, -0.2) is 4.98 Å². The minimum Gasteiger partial charge on any atom is -0.383 e. The highest BCUT2D eigenvalue weighted by molar-refractivity contribution is 9.10. The highest BCUT2D eigenvalue weighted by Crippen LogP contribution is 2.15. The molecule has 1 unspecified atom stereocenters. The number of halogens is 1. The van der Waals surface area contributed by atoms with Crippen LogP contribution in [0.5, 0.6) is 0 Å². The lowest BCUT2D eigenvalue weighted by Gasteiger charge is -2.23. The molecule has 1 atom stereocenters. The van der Waals surface area contributed by atoms with Crippen molar-refractivity contribution < 1.29 is 4.79 Å². The first-order chi connectivity index (χ1) is 8.95. The second-order valence-electron chi connectivity index (χ2n) is 4.58. The first-order valence-electron chi connectivity index (χ1n) is 6.35. The van der Waals surface area contributed by atoms with Crippen LogP contribution in [0.15, 0.2) is 16.7 Å². The molecule has 106 valence electrons. The quantitative estimate of drug-likeness (QED) is 0.836. The molecule has 0 radical (unpaired) electrons. The summed E-state index contributed by atoms with van der Waals surface area (Å²) in [6.07, 6.45) is 2.66. The smallest absolute Gasteiger partial charge is 0.255 e. The van der Waals surface area contributed by atoms with Gasteiger partial charge in [-0.1, -0.05) is 6.92 Å². The molecule has 1 aromatic heterocycles. The van der Waals surface area contributed by atoms with Crippen molar-refractivity contribution in [1.29, 1.82) is 0 Å². The number of amides is 1. The number of rotatable bonds is 6. The Kier molecular flexibility index (Phi) is 6.24. The normalized spacial score (nSPS) is 12.5. The van der Waals surface area contributed by atoms with Crippen LogP contribution >= 0.6 is 15.9 Å². The summed E-state index contributed by atoms with van der Waals surface area (Å²) < 4.78 is 0.739. The average Bonchev–Trinajstić information content (AvgIpc) is 2.40. The molecular formula is C13H21BrN4O. The number of anilines is 1. The molecule has 1 heterocycles. The van der Waals surface area contributed by atoms with Crippen LogP contribution in [-0.2, 0) is 0 Å². The molecule has 1 rings (SSSR count).